The van der Waals surface area contributed by atoms with Crippen LogP contribution in [0.3, 0.4) is 0 Å². The van der Waals surface area contributed by atoms with E-state index in [1.54, 1.807) is 6.92 Å². The Morgan fingerprint density at radius 2 is 2.11 bits per heavy atom. The zero-order chi connectivity index (χ0) is 14.4. The number of aromatic nitrogens is 2. The average Bonchev–Trinajstić information content (AvgIpc) is 2.59. The number of carbonyl (C=O) groups excluding carboxylic acids is 1. The van der Waals surface area contributed by atoms with Crippen molar-refractivity contribution in [1.29, 1.82) is 0 Å². The number of nitrogens with zero attached hydrogens (tertiary/aromatic N) is 2. The van der Waals surface area contributed by atoms with Gasteiger partial charge in [-0.05, 0) is 13.3 Å². The summed E-state index contributed by atoms with van der Waals surface area (Å²) < 4.78 is 6.32. The highest BCUT2D eigenvalue weighted by Gasteiger charge is 2.44. The second-order valence-electron chi connectivity index (χ2n) is 5.07. The molecule has 0 aromatic carbocycles. The fourth-order valence-electron chi connectivity index (χ4n) is 2.49. The van der Waals surface area contributed by atoms with E-state index in [-0.39, 0.29) is 16.9 Å². The minimum Gasteiger partial charge on any atom is -0.464 e. The van der Waals surface area contributed by atoms with Gasteiger partial charge in [0.2, 0.25) is 0 Å². The fraction of sp³-hybridized carbons (Fsp3) is 0.583. The molecule has 0 aliphatic carbocycles. The van der Waals surface area contributed by atoms with Gasteiger partial charge in [0.05, 0.1) is 12.3 Å². The monoisotopic (exact) mass is 304 g/mol. The Bertz CT molecular complexity index is 595. The van der Waals surface area contributed by atoms with Crippen molar-refractivity contribution in [1.82, 2.24) is 9.55 Å². The summed E-state index contributed by atoms with van der Waals surface area (Å²) in [5.74, 6) is -0.449. The molecule has 1 atom stereocenters. The Morgan fingerprint density at radius 1 is 1.47 bits per heavy atom. The lowest BCUT2D eigenvalue weighted by Crippen LogP contribution is -2.30. The third-order valence-electron chi connectivity index (χ3n) is 3.24. The van der Waals surface area contributed by atoms with Crippen LogP contribution in [0.15, 0.2) is 4.79 Å². The van der Waals surface area contributed by atoms with Gasteiger partial charge in [0.15, 0.2) is 10.3 Å². The summed E-state index contributed by atoms with van der Waals surface area (Å²) in [6.45, 7) is 5.78. The van der Waals surface area contributed by atoms with Gasteiger partial charge in [-0.3, -0.25) is 9.36 Å². The molecule has 1 unspecified atom stereocenters. The topological polar surface area (TPSA) is 61.2 Å². The Labute approximate surface area is 120 Å². The molecule has 0 N–H and O–H groups in total. The molecule has 0 spiro atoms. The first kappa shape index (κ1) is 14.3. The molecule has 1 aliphatic heterocycles. The van der Waals surface area contributed by atoms with Crippen LogP contribution in [0.2, 0.25) is 10.3 Å². The number of esters is 1. The van der Waals surface area contributed by atoms with E-state index in [1.807, 2.05) is 13.8 Å². The molecule has 19 heavy (non-hydrogen) atoms. The summed E-state index contributed by atoms with van der Waals surface area (Å²) in [6, 6.07) is -0.699. The summed E-state index contributed by atoms with van der Waals surface area (Å²) >= 11 is 11.8. The van der Waals surface area contributed by atoms with Crippen molar-refractivity contribution < 1.29 is 9.53 Å². The van der Waals surface area contributed by atoms with Crippen LogP contribution in [0.4, 0.5) is 0 Å². The van der Waals surface area contributed by atoms with Crippen molar-refractivity contribution in [2.45, 2.75) is 38.6 Å². The predicted octanol–water partition coefficient (Wildman–Crippen LogP) is 2.34. The van der Waals surface area contributed by atoms with Gasteiger partial charge in [0, 0.05) is 5.41 Å². The highest BCUT2D eigenvalue weighted by molar-refractivity contribution is 6.32. The van der Waals surface area contributed by atoms with Crippen LogP contribution < -0.4 is 5.56 Å². The standard InChI is InChI=1S/C12H14Cl2N2O3/c1-4-19-11(18)6-5-12(2,3)7-8(13)15-9(14)10(17)16(6)7/h6H,4-5H2,1-3H3. The van der Waals surface area contributed by atoms with Gasteiger partial charge in [0.1, 0.15) is 6.04 Å². The number of halogens is 2. The first-order valence-electron chi connectivity index (χ1n) is 5.94. The lowest BCUT2D eigenvalue weighted by atomic mass is 9.87. The van der Waals surface area contributed by atoms with E-state index in [9.17, 15) is 9.59 Å². The maximum absolute atomic E-state index is 12.1. The van der Waals surface area contributed by atoms with Crippen LogP contribution in [-0.2, 0) is 14.9 Å². The molecular weight excluding hydrogens is 291 g/mol. The maximum Gasteiger partial charge on any atom is 0.329 e. The Balaban J connectivity index is 2.66. The number of hydrogen-bond donors (Lipinski definition) is 0. The van der Waals surface area contributed by atoms with E-state index in [4.69, 9.17) is 27.9 Å². The van der Waals surface area contributed by atoms with Crippen molar-refractivity contribution in [3.05, 3.63) is 26.4 Å². The van der Waals surface area contributed by atoms with Crippen LogP contribution in [-0.4, -0.2) is 22.1 Å². The SMILES string of the molecule is CCOC(=O)C1CC(C)(C)c2c(Cl)nc(Cl)c(=O)n21. The molecule has 1 aliphatic rings. The molecule has 0 fully saturated rings. The third kappa shape index (κ3) is 2.25. The second-order valence-corrected chi connectivity index (χ2v) is 5.79. The summed E-state index contributed by atoms with van der Waals surface area (Å²) in [5.41, 5.74) is -0.419. The van der Waals surface area contributed by atoms with E-state index in [0.29, 0.717) is 12.1 Å². The first-order valence-corrected chi connectivity index (χ1v) is 6.70. The van der Waals surface area contributed by atoms with Crippen LogP contribution >= 0.6 is 23.2 Å². The van der Waals surface area contributed by atoms with Crippen molar-refractivity contribution in [2.75, 3.05) is 6.61 Å². The highest BCUT2D eigenvalue weighted by atomic mass is 35.5. The van der Waals surface area contributed by atoms with Crippen molar-refractivity contribution in [3.63, 3.8) is 0 Å². The normalized spacial score (nSPS) is 20.2. The number of carbonyl (C=O) groups is 1. The quantitative estimate of drug-likeness (QED) is 0.787. The number of ether oxygens (including phenoxy) is 1. The van der Waals surface area contributed by atoms with Gasteiger partial charge in [-0.15, -0.1) is 0 Å². The molecule has 5 nitrogen and oxygen atoms in total. The molecule has 1 aromatic heterocycles. The number of rotatable bonds is 2. The molecular formula is C12H14Cl2N2O3. The highest BCUT2D eigenvalue weighted by Crippen LogP contribution is 2.43. The molecule has 0 saturated carbocycles. The Morgan fingerprint density at radius 3 is 2.68 bits per heavy atom. The largest absolute Gasteiger partial charge is 0.464 e. The zero-order valence-corrected chi connectivity index (χ0v) is 12.4. The fourth-order valence-corrected chi connectivity index (χ4v) is 3.14. The lowest BCUT2D eigenvalue weighted by molar-refractivity contribution is -0.147. The Kier molecular flexibility index (Phi) is 3.62. The van der Waals surface area contributed by atoms with E-state index in [2.05, 4.69) is 4.98 Å². The average molecular weight is 305 g/mol. The smallest absolute Gasteiger partial charge is 0.329 e. The maximum atomic E-state index is 12.1. The molecule has 0 bridgehead atoms. The predicted molar refractivity (Wildman–Crippen MR) is 71.8 cm³/mol. The van der Waals surface area contributed by atoms with Crippen molar-refractivity contribution in [2.24, 2.45) is 0 Å². The second kappa shape index (κ2) is 4.80. The number of fused-ring (bicyclic) bond motifs is 1. The molecule has 1 aromatic rings. The van der Waals surface area contributed by atoms with Crippen LogP contribution in [0.1, 0.15) is 38.9 Å². The molecule has 104 valence electrons. The molecule has 2 heterocycles. The number of hydrogen-bond acceptors (Lipinski definition) is 4. The first-order chi connectivity index (χ1) is 8.79. The molecule has 2 rings (SSSR count). The van der Waals surface area contributed by atoms with Gasteiger partial charge >= 0.3 is 5.97 Å². The van der Waals surface area contributed by atoms with Gasteiger partial charge in [-0.1, -0.05) is 37.0 Å². The van der Waals surface area contributed by atoms with Crippen LogP contribution in [0.25, 0.3) is 0 Å². The van der Waals surface area contributed by atoms with E-state index in [0.717, 1.165) is 0 Å². The summed E-state index contributed by atoms with van der Waals surface area (Å²) in [6.07, 6.45) is 0.433. The Hall–Kier alpha value is -1.07. The van der Waals surface area contributed by atoms with Crippen molar-refractivity contribution in [3.8, 4) is 0 Å². The molecule has 0 saturated heterocycles. The van der Waals surface area contributed by atoms with E-state index < -0.39 is 23.0 Å². The van der Waals surface area contributed by atoms with Gasteiger partial charge in [-0.2, -0.15) is 0 Å². The zero-order valence-electron chi connectivity index (χ0n) is 10.9. The molecule has 0 amide bonds. The van der Waals surface area contributed by atoms with Crippen LogP contribution in [0.5, 0.6) is 0 Å². The van der Waals surface area contributed by atoms with Crippen molar-refractivity contribution >= 4 is 29.2 Å². The van der Waals surface area contributed by atoms with Gasteiger partial charge < -0.3 is 4.74 Å². The van der Waals surface area contributed by atoms with Crippen LogP contribution in [0, 0.1) is 0 Å². The third-order valence-corrected chi connectivity index (χ3v) is 3.75. The minimum absolute atomic E-state index is 0.154. The summed E-state index contributed by atoms with van der Waals surface area (Å²) in [5, 5.41) is -0.0813. The molecule has 0 radical (unpaired) electrons. The molecule has 7 heteroatoms. The lowest BCUT2D eigenvalue weighted by Gasteiger charge is -2.18. The van der Waals surface area contributed by atoms with E-state index in [1.165, 1.54) is 4.57 Å². The van der Waals surface area contributed by atoms with Gasteiger partial charge in [-0.25, -0.2) is 9.78 Å². The summed E-state index contributed by atoms with van der Waals surface area (Å²) in [7, 11) is 0. The van der Waals surface area contributed by atoms with E-state index >= 15 is 0 Å². The minimum atomic E-state index is -0.699. The summed E-state index contributed by atoms with van der Waals surface area (Å²) in [4.78, 5) is 27.9. The van der Waals surface area contributed by atoms with Gasteiger partial charge in [0.25, 0.3) is 5.56 Å².